The third-order valence-electron chi connectivity index (χ3n) is 3.71. The van der Waals surface area contributed by atoms with E-state index >= 15 is 0 Å². The number of hydrogen-bond acceptors (Lipinski definition) is 4. The Morgan fingerprint density at radius 1 is 0.931 bits per heavy atom. The van der Waals surface area contributed by atoms with Gasteiger partial charge in [-0.15, -0.1) is 0 Å². The van der Waals surface area contributed by atoms with Gasteiger partial charge in [-0.3, -0.25) is 4.79 Å². The lowest BCUT2D eigenvalue weighted by atomic mass is 10.2. The van der Waals surface area contributed by atoms with E-state index in [9.17, 15) is 9.59 Å². The van der Waals surface area contributed by atoms with Crippen molar-refractivity contribution in [3.63, 3.8) is 0 Å². The Kier molecular flexibility index (Phi) is 7.19. The Morgan fingerprint density at radius 3 is 2.38 bits per heavy atom. The molecule has 3 aromatic rings. The average molecular weight is 537 g/mol. The summed E-state index contributed by atoms with van der Waals surface area (Å²) in [6, 6.07) is 18.4. The highest BCUT2D eigenvalue weighted by Crippen LogP contribution is 2.23. The topological polar surface area (TPSA) is 67.8 Å². The van der Waals surface area contributed by atoms with Crippen molar-refractivity contribution in [2.24, 2.45) is 5.10 Å². The summed E-state index contributed by atoms with van der Waals surface area (Å²) in [5, 5.41) is 4.50. The van der Waals surface area contributed by atoms with Crippen LogP contribution in [0.25, 0.3) is 0 Å². The molecule has 0 radical (unpaired) electrons. The fourth-order valence-electron chi connectivity index (χ4n) is 2.31. The van der Waals surface area contributed by atoms with Crippen LogP contribution < -0.4 is 10.2 Å². The summed E-state index contributed by atoms with van der Waals surface area (Å²) in [5.41, 5.74) is 3.78. The van der Waals surface area contributed by atoms with Gasteiger partial charge in [0.2, 0.25) is 0 Å². The first-order valence-corrected chi connectivity index (χ1v) is 10.2. The van der Waals surface area contributed by atoms with Gasteiger partial charge in [-0.25, -0.2) is 10.2 Å². The van der Waals surface area contributed by atoms with Crippen LogP contribution in [0, 0.1) is 0 Å². The molecule has 1 amide bonds. The average Bonchev–Trinajstić information content (AvgIpc) is 2.70. The minimum atomic E-state index is -0.531. The number of rotatable bonds is 5. The predicted octanol–water partition coefficient (Wildman–Crippen LogP) is 5.85. The van der Waals surface area contributed by atoms with Crippen molar-refractivity contribution in [1.82, 2.24) is 5.43 Å². The molecule has 29 heavy (non-hydrogen) atoms. The van der Waals surface area contributed by atoms with Gasteiger partial charge in [-0.1, -0.05) is 49.5 Å². The molecule has 0 aliphatic rings. The van der Waals surface area contributed by atoms with Crippen LogP contribution in [0.5, 0.6) is 5.75 Å². The summed E-state index contributed by atoms with van der Waals surface area (Å²) in [5.74, 6) is -0.595. The lowest BCUT2D eigenvalue weighted by Crippen LogP contribution is -2.17. The number of ether oxygens (including phenoxy) is 1. The lowest BCUT2D eigenvalue weighted by Gasteiger charge is -2.08. The Labute approximate surface area is 189 Å². The van der Waals surface area contributed by atoms with E-state index in [0.29, 0.717) is 27.5 Å². The normalized spacial score (nSPS) is 10.7. The van der Waals surface area contributed by atoms with E-state index in [4.69, 9.17) is 16.3 Å². The summed E-state index contributed by atoms with van der Waals surface area (Å²) in [4.78, 5) is 24.5. The monoisotopic (exact) mass is 534 g/mol. The van der Waals surface area contributed by atoms with Crippen LogP contribution in [-0.2, 0) is 0 Å². The molecule has 0 spiro atoms. The molecule has 1 N–H and O–H groups in total. The van der Waals surface area contributed by atoms with E-state index in [1.807, 2.05) is 6.07 Å². The standard InChI is InChI=1S/C21H13Br2ClN2O3/c22-16-3-1-2-14(10-16)20(27)26-25-12-15-11-17(23)6-9-19(15)29-21(28)13-4-7-18(24)8-5-13/h1-12H,(H,26,27)/b25-12-. The van der Waals surface area contributed by atoms with E-state index in [2.05, 4.69) is 42.4 Å². The van der Waals surface area contributed by atoms with Gasteiger partial charge >= 0.3 is 5.97 Å². The molecule has 0 saturated heterocycles. The molecule has 0 saturated carbocycles. The molecule has 146 valence electrons. The van der Waals surface area contributed by atoms with Gasteiger partial charge in [0.05, 0.1) is 11.8 Å². The maximum Gasteiger partial charge on any atom is 0.343 e. The third kappa shape index (κ3) is 6.00. The molecule has 0 heterocycles. The fraction of sp³-hybridized carbons (Fsp3) is 0. The number of amides is 1. The van der Waals surface area contributed by atoms with Crippen molar-refractivity contribution in [3.05, 3.63) is 97.4 Å². The van der Waals surface area contributed by atoms with Crippen LogP contribution in [-0.4, -0.2) is 18.1 Å². The highest BCUT2D eigenvalue weighted by atomic mass is 79.9. The Hall–Kier alpha value is -2.48. The fourth-order valence-corrected chi connectivity index (χ4v) is 3.22. The number of carbonyl (C=O) groups is 2. The van der Waals surface area contributed by atoms with E-state index in [-0.39, 0.29) is 5.91 Å². The summed E-state index contributed by atoms with van der Waals surface area (Å²) in [6.45, 7) is 0. The molecule has 0 unspecified atom stereocenters. The van der Waals surface area contributed by atoms with Gasteiger partial charge in [0.15, 0.2) is 0 Å². The predicted molar refractivity (Wildman–Crippen MR) is 120 cm³/mol. The van der Waals surface area contributed by atoms with Gasteiger partial charge in [0.25, 0.3) is 5.91 Å². The SMILES string of the molecule is O=C(N/N=C\c1cc(Br)ccc1OC(=O)c1ccc(Cl)cc1)c1cccc(Br)c1. The Bertz CT molecular complexity index is 1090. The second-order valence-electron chi connectivity index (χ2n) is 5.79. The Balaban J connectivity index is 1.74. The quantitative estimate of drug-likeness (QED) is 0.193. The number of benzene rings is 3. The largest absolute Gasteiger partial charge is 0.422 e. The van der Waals surface area contributed by atoms with Gasteiger partial charge in [-0.05, 0) is 60.7 Å². The number of hydrazone groups is 1. The molecular formula is C21H13Br2ClN2O3. The van der Waals surface area contributed by atoms with Gasteiger partial charge in [0, 0.05) is 25.1 Å². The molecule has 0 aliphatic heterocycles. The van der Waals surface area contributed by atoms with Crippen molar-refractivity contribution in [2.45, 2.75) is 0 Å². The second kappa shape index (κ2) is 9.82. The number of nitrogens with one attached hydrogen (secondary N) is 1. The molecule has 3 rings (SSSR count). The molecule has 0 aromatic heterocycles. The number of carbonyl (C=O) groups excluding carboxylic acids is 2. The molecule has 0 bridgehead atoms. The minimum Gasteiger partial charge on any atom is -0.422 e. The highest BCUT2D eigenvalue weighted by molar-refractivity contribution is 9.10. The zero-order chi connectivity index (χ0) is 20.8. The summed E-state index contributed by atoms with van der Waals surface area (Å²) >= 11 is 12.5. The number of nitrogens with zero attached hydrogens (tertiary/aromatic N) is 1. The van der Waals surface area contributed by atoms with E-state index < -0.39 is 5.97 Å². The number of hydrogen-bond donors (Lipinski definition) is 1. The van der Waals surface area contributed by atoms with Gasteiger partial charge in [0.1, 0.15) is 5.75 Å². The van der Waals surface area contributed by atoms with E-state index in [1.54, 1.807) is 60.7 Å². The lowest BCUT2D eigenvalue weighted by molar-refractivity contribution is 0.0734. The zero-order valence-corrected chi connectivity index (χ0v) is 18.7. The maximum absolute atomic E-state index is 12.4. The van der Waals surface area contributed by atoms with Crippen molar-refractivity contribution in [3.8, 4) is 5.75 Å². The van der Waals surface area contributed by atoms with Gasteiger partial charge in [-0.2, -0.15) is 5.10 Å². The van der Waals surface area contributed by atoms with Crippen LogP contribution in [0.4, 0.5) is 0 Å². The van der Waals surface area contributed by atoms with Crippen LogP contribution in [0.2, 0.25) is 5.02 Å². The first kappa shape index (κ1) is 21.2. The first-order valence-electron chi connectivity index (χ1n) is 8.28. The molecule has 0 atom stereocenters. The summed E-state index contributed by atoms with van der Waals surface area (Å²) < 4.78 is 7.03. The third-order valence-corrected chi connectivity index (χ3v) is 4.95. The summed E-state index contributed by atoms with van der Waals surface area (Å²) in [6.07, 6.45) is 1.41. The summed E-state index contributed by atoms with van der Waals surface area (Å²) in [7, 11) is 0. The maximum atomic E-state index is 12.4. The molecular weight excluding hydrogens is 524 g/mol. The van der Waals surface area contributed by atoms with E-state index in [0.717, 1.165) is 8.95 Å². The van der Waals surface area contributed by atoms with Crippen LogP contribution in [0.3, 0.4) is 0 Å². The van der Waals surface area contributed by atoms with Crippen LogP contribution in [0.15, 0.2) is 80.8 Å². The molecule has 5 nitrogen and oxygen atoms in total. The zero-order valence-electron chi connectivity index (χ0n) is 14.7. The second-order valence-corrected chi connectivity index (χ2v) is 8.06. The van der Waals surface area contributed by atoms with Crippen molar-refractivity contribution >= 4 is 61.6 Å². The highest BCUT2D eigenvalue weighted by Gasteiger charge is 2.12. The van der Waals surface area contributed by atoms with Crippen molar-refractivity contribution in [1.29, 1.82) is 0 Å². The van der Waals surface area contributed by atoms with Crippen molar-refractivity contribution < 1.29 is 14.3 Å². The van der Waals surface area contributed by atoms with Crippen LogP contribution >= 0.6 is 43.5 Å². The van der Waals surface area contributed by atoms with E-state index in [1.165, 1.54) is 6.21 Å². The van der Waals surface area contributed by atoms with Gasteiger partial charge < -0.3 is 4.74 Å². The van der Waals surface area contributed by atoms with Crippen LogP contribution in [0.1, 0.15) is 26.3 Å². The number of esters is 1. The molecule has 0 fully saturated rings. The Morgan fingerprint density at radius 2 is 1.66 bits per heavy atom. The van der Waals surface area contributed by atoms with Crippen molar-refractivity contribution in [2.75, 3.05) is 0 Å². The molecule has 3 aromatic carbocycles. The molecule has 8 heteroatoms. The first-order chi connectivity index (χ1) is 13.9. The smallest absolute Gasteiger partial charge is 0.343 e. The molecule has 0 aliphatic carbocycles. The number of halogens is 3. The minimum absolute atomic E-state index is 0.300.